The fourth-order valence-electron chi connectivity index (χ4n) is 3.86. The van der Waals surface area contributed by atoms with Gasteiger partial charge < -0.3 is 14.2 Å². The molecule has 3 aromatic rings. The molecule has 1 saturated heterocycles. The maximum atomic E-state index is 12.5. The molecule has 2 aromatic carbocycles. The van der Waals surface area contributed by atoms with Gasteiger partial charge in [-0.3, -0.25) is 4.79 Å². The van der Waals surface area contributed by atoms with Crippen LogP contribution in [0.5, 0.6) is 0 Å². The highest BCUT2D eigenvalue weighted by atomic mass is 35.5. The first-order valence-electron chi connectivity index (χ1n) is 10.7. The van der Waals surface area contributed by atoms with Crippen LogP contribution in [0, 0.1) is 6.92 Å². The first-order chi connectivity index (χ1) is 16.4. The van der Waals surface area contributed by atoms with Crippen molar-refractivity contribution < 1.29 is 9.21 Å². The summed E-state index contributed by atoms with van der Waals surface area (Å²) in [5.74, 6) is 0.919. The van der Waals surface area contributed by atoms with Gasteiger partial charge in [0.05, 0.1) is 9.93 Å². The van der Waals surface area contributed by atoms with Crippen molar-refractivity contribution in [3.63, 3.8) is 0 Å². The van der Waals surface area contributed by atoms with E-state index in [2.05, 4.69) is 20.9 Å². The van der Waals surface area contributed by atoms with Gasteiger partial charge in [0, 0.05) is 53.6 Å². The first kappa shape index (κ1) is 23.4. The Bertz CT molecular complexity index is 1330. The molecule has 0 saturated carbocycles. The summed E-state index contributed by atoms with van der Waals surface area (Å²) in [5.41, 5.74) is 2.92. The summed E-state index contributed by atoms with van der Waals surface area (Å²) in [6.45, 7) is 5.21. The summed E-state index contributed by atoms with van der Waals surface area (Å²) >= 11 is 19.9. The molecule has 34 heavy (non-hydrogen) atoms. The number of benzene rings is 2. The van der Waals surface area contributed by atoms with E-state index in [-0.39, 0.29) is 5.91 Å². The topological polar surface area (TPSA) is 49.0 Å². The highest BCUT2D eigenvalue weighted by Crippen LogP contribution is 2.35. The van der Waals surface area contributed by atoms with Gasteiger partial charge in [0.15, 0.2) is 5.17 Å². The number of amides is 1. The second kappa shape index (κ2) is 9.70. The fourth-order valence-corrected chi connectivity index (χ4v) is 5.48. The second-order valence-electron chi connectivity index (χ2n) is 8.04. The minimum Gasteiger partial charge on any atom is -0.457 e. The zero-order chi connectivity index (χ0) is 23.8. The van der Waals surface area contributed by atoms with Crippen LogP contribution in [-0.2, 0) is 4.79 Å². The van der Waals surface area contributed by atoms with Crippen molar-refractivity contribution in [2.24, 2.45) is 4.99 Å². The molecule has 2 aliphatic heterocycles. The third-order valence-corrected chi connectivity index (χ3v) is 7.78. The number of anilines is 1. The summed E-state index contributed by atoms with van der Waals surface area (Å²) < 4.78 is 5.91. The molecule has 1 fully saturated rings. The normalized spacial score (nSPS) is 17.6. The number of furan rings is 1. The van der Waals surface area contributed by atoms with Crippen LogP contribution in [0.2, 0.25) is 15.1 Å². The van der Waals surface area contributed by atoms with Gasteiger partial charge in [-0.1, -0.05) is 40.9 Å². The predicted molar refractivity (Wildman–Crippen MR) is 142 cm³/mol. The Labute approximate surface area is 217 Å². The van der Waals surface area contributed by atoms with Crippen molar-refractivity contribution in [2.75, 3.05) is 31.1 Å². The van der Waals surface area contributed by atoms with E-state index in [1.807, 2.05) is 31.2 Å². The monoisotopic (exact) mass is 531 g/mol. The lowest BCUT2D eigenvalue weighted by atomic mass is 10.2. The van der Waals surface area contributed by atoms with E-state index < -0.39 is 0 Å². The molecule has 9 heteroatoms. The average Bonchev–Trinajstić information content (AvgIpc) is 3.43. The number of halogens is 3. The zero-order valence-electron chi connectivity index (χ0n) is 18.2. The molecular weight excluding hydrogens is 513 g/mol. The Morgan fingerprint density at radius 2 is 1.71 bits per heavy atom. The number of aryl methyl sites for hydroxylation is 1. The molecule has 0 radical (unpaired) electrons. The van der Waals surface area contributed by atoms with Crippen LogP contribution in [0.1, 0.15) is 11.3 Å². The van der Waals surface area contributed by atoms with Crippen LogP contribution in [0.4, 0.5) is 5.69 Å². The van der Waals surface area contributed by atoms with Crippen molar-refractivity contribution in [3.05, 3.63) is 79.8 Å². The second-order valence-corrected chi connectivity index (χ2v) is 10.3. The number of hydrogen-bond donors (Lipinski definition) is 0. The molecule has 5 nitrogen and oxygen atoms in total. The van der Waals surface area contributed by atoms with E-state index >= 15 is 0 Å². The number of thioether (sulfide) groups is 1. The molecule has 0 spiro atoms. The Balaban J connectivity index is 1.24. The summed E-state index contributed by atoms with van der Waals surface area (Å²) in [6, 6.07) is 15.0. The molecule has 1 amide bonds. The Kier molecular flexibility index (Phi) is 6.67. The Morgan fingerprint density at radius 3 is 2.44 bits per heavy atom. The van der Waals surface area contributed by atoms with Gasteiger partial charge in [-0.25, -0.2) is 0 Å². The minimum absolute atomic E-state index is 0.254. The maximum Gasteiger partial charge on any atom is 0.286 e. The largest absolute Gasteiger partial charge is 0.457 e. The maximum absolute atomic E-state index is 12.5. The van der Waals surface area contributed by atoms with Gasteiger partial charge in [-0.15, -0.1) is 0 Å². The van der Waals surface area contributed by atoms with Gasteiger partial charge in [0.1, 0.15) is 11.5 Å². The molecule has 0 N–H and O–H groups in total. The number of carbonyl (C=O) groups is 1. The van der Waals surface area contributed by atoms with Gasteiger partial charge in [-0.05, 0) is 66.7 Å². The average molecular weight is 533 g/mol. The van der Waals surface area contributed by atoms with E-state index in [1.165, 1.54) is 11.8 Å². The highest BCUT2D eigenvalue weighted by molar-refractivity contribution is 8.18. The van der Waals surface area contributed by atoms with Crippen LogP contribution < -0.4 is 4.90 Å². The summed E-state index contributed by atoms with van der Waals surface area (Å²) in [5, 5.41) is 2.56. The van der Waals surface area contributed by atoms with E-state index in [0.29, 0.717) is 26.5 Å². The minimum atomic E-state index is -0.254. The molecule has 0 aliphatic carbocycles. The van der Waals surface area contributed by atoms with E-state index in [9.17, 15) is 4.79 Å². The predicted octanol–water partition coefficient (Wildman–Crippen LogP) is 7.01. The van der Waals surface area contributed by atoms with Crippen molar-refractivity contribution in [3.8, 4) is 11.3 Å². The lowest BCUT2D eigenvalue weighted by molar-refractivity contribution is -0.113. The number of rotatable bonds is 3. The van der Waals surface area contributed by atoms with E-state index in [4.69, 9.17) is 39.2 Å². The SMILES string of the molecule is Cc1ccc(N2CCN(C3=NC(=O)C(=Cc4ccc(-c5ccc(Cl)cc5Cl)o4)S3)CC2)cc1Cl. The third kappa shape index (κ3) is 4.86. The third-order valence-electron chi connectivity index (χ3n) is 5.78. The van der Waals surface area contributed by atoms with Crippen LogP contribution >= 0.6 is 46.6 Å². The highest BCUT2D eigenvalue weighted by Gasteiger charge is 2.29. The number of carbonyl (C=O) groups excluding carboxylic acids is 1. The number of nitrogens with zero attached hydrogens (tertiary/aromatic N) is 3. The van der Waals surface area contributed by atoms with Crippen LogP contribution in [0.15, 0.2) is 62.8 Å². The van der Waals surface area contributed by atoms with Crippen LogP contribution in [-0.4, -0.2) is 42.2 Å². The summed E-state index contributed by atoms with van der Waals surface area (Å²) in [6.07, 6.45) is 1.72. The number of aliphatic imine (C=N–C) groups is 1. The van der Waals surface area contributed by atoms with Crippen molar-refractivity contribution in [1.29, 1.82) is 0 Å². The molecule has 3 heterocycles. The standard InChI is InChI=1S/C25H20Cl3N3O2S/c1-15-2-4-17(13-20(15)27)30-8-10-31(11-9-30)25-29-24(32)23(34-25)14-18-5-7-22(33-18)19-6-3-16(26)12-21(19)28/h2-7,12-14H,8-11H2,1H3. The van der Waals surface area contributed by atoms with Gasteiger partial charge in [0.2, 0.25) is 0 Å². The molecule has 0 unspecified atom stereocenters. The van der Waals surface area contributed by atoms with E-state index in [0.717, 1.165) is 53.2 Å². The van der Waals surface area contributed by atoms with Crippen molar-refractivity contribution in [1.82, 2.24) is 4.90 Å². The molecule has 0 atom stereocenters. The van der Waals surface area contributed by atoms with Gasteiger partial charge in [0.25, 0.3) is 5.91 Å². The van der Waals surface area contributed by atoms with Crippen molar-refractivity contribution >= 4 is 69.4 Å². The lowest BCUT2D eigenvalue weighted by Gasteiger charge is -2.36. The first-order valence-corrected chi connectivity index (χ1v) is 12.7. The van der Waals surface area contributed by atoms with Crippen LogP contribution in [0.25, 0.3) is 17.4 Å². The molecule has 5 rings (SSSR count). The number of piperazine rings is 1. The summed E-state index contributed by atoms with van der Waals surface area (Å²) in [7, 11) is 0. The van der Waals surface area contributed by atoms with Crippen molar-refractivity contribution in [2.45, 2.75) is 6.92 Å². The Hall–Kier alpha value is -2.38. The number of hydrogen-bond acceptors (Lipinski definition) is 5. The smallest absolute Gasteiger partial charge is 0.286 e. The molecule has 1 aromatic heterocycles. The van der Waals surface area contributed by atoms with Crippen LogP contribution in [0.3, 0.4) is 0 Å². The fraction of sp³-hybridized carbons (Fsp3) is 0.200. The number of amidine groups is 1. The zero-order valence-corrected chi connectivity index (χ0v) is 21.3. The molecular formula is C25H20Cl3N3O2S. The van der Waals surface area contributed by atoms with E-state index in [1.54, 1.807) is 24.3 Å². The lowest BCUT2D eigenvalue weighted by Crippen LogP contribution is -2.47. The molecule has 2 aliphatic rings. The molecule has 0 bridgehead atoms. The molecule has 174 valence electrons. The summed E-state index contributed by atoms with van der Waals surface area (Å²) in [4.78, 5) is 21.8. The Morgan fingerprint density at radius 1 is 0.941 bits per heavy atom. The van der Waals surface area contributed by atoms with Gasteiger partial charge in [-0.2, -0.15) is 4.99 Å². The quantitative estimate of drug-likeness (QED) is 0.340. The van der Waals surface area contributed by atoms with Gasteiger partial charge >= 0.3 is 0 Å².